The molecule has 0 saturated heterocycles. The molecule has 0 aliphatic heterocycles. The topological polar surface area (TPSA) is 27.7 Å². The van der Waals surface area contributed by atoms with E-state index >= 15 is 0 Å². The average molecular weight is 343 g/mol. The van der Waals surface area contributed by atoms with Crippen LogP contribution in [0.15, 0.2) is 12.1 Å². The minimum Gasteiger partial charge on any atom is -0.496 e. The van der Waals surface area contributed by atoms with E-state index in [-0.39, 0.29) is 4.83 Å². The molecule has 4 heteroatoms. The molecule has 0 spiro atoms. The van der Waals surface area contributed by atoms with Crippen molar-refractivity contribution in [2.24, 2.45) is 5.92 Å². The van der Waals surface area contributed by atoms with Gasteiger partial charge in [0.05, 0.1) is 26.9 Å². The standard InChI is InChI=1S/C16H23BrO3/c1-18-12-9-14(19-2)16(15(10-12)20-3)13(17)8-11-6-4-5-7-11/h9-11,13H,4-8H2,1-3H3. The second-order valence-corrected chi connectivity index (χ2v) is 6.40. The van der Waals surface area contributed by atoms with Gasteiger partial charge in [-0.15, -0.1) is 0 Å². The zero-order chi connectivity index (χ0) is 14.5. The van der Waals surface area contributed by atoms with E-state index in [1.165, 1.54) is 25.7 Å². The van der Waals surface area contributed by atoms with Crippen molar-refractivity contribution in [2.45, 2.75) is 36.9 Å². The first-order valence-corrected chi connectivity index (χ1v) is 8.05. The molecule has 1 aliphatic rings. The predicted octanol–water partition coefficient (Wildman–Crippen LogP) is 4.73. The fraction of sp³-hybridized carbons (Fsp3) is 0.625. The number of alkyl halides is 1. The van der Waals surface area contributed by atoms with Crippen molar-refractivity contribution < 1.29 is 14.2 Å². The molecule has 3 nitrogen and oxygen atoms in total. The van der Waals surface area contributed by atoms with E-state index in [9.17, 15) is 0 Å². The first kappa shape index (κ1) is 15.5. The molecular weight excluding hydrogens is 320 g/mol. The summed E-state index contributed by atoms with van der Waals surface area (Å²) in [6.45, 7) is 0. The van der Waals surface area contributed by atoms with Crippen LogP contribution in [0.25, 0.3) is 0 Å². The summed E-state index contributed by atoms with van der Waals surface area (Å²) in [5.74, 6) is 3.20. The highest BCUT2D eigenvalue weighted by atomic mass is 79.9. The number of hydrogen-bond donors (Lipinski definition) is 0. The first-order chi connectivity index (χ1) is 9.69. The quantitative estimate of drug-likeness (QED) is 0.699. The van der Waals surface area contributed by atoms with Gasteiger partial charge in [0.25, 0.3) is 0 Å². The van der Waals surface area contributed by atoms with Gasteiger partial charge in [0.2, 0.25) is 0 Å². The highest BCUT2D eigenvalue weighted by Crippen LogP contribution is 2.46. The Morgan fingerprint density at radius 3 is 2.05 bits per heavy atom. The maximum Gasteiger partial charge on any atom is 0.130 e. The van der Waals surface area contributed by atoms with E-state index < -0.39 is 0 Å². The minimum absolute atomic E-state index is 0.251. The van der Waals surface area contributed by atoms with E-state index in [1.54, 1.807) is 21.3 Å². The Morgan fingerprint density at radius 1 is 1.05 bits per heavy atom. The molecule has 1 aliphatic carbocycles. The van der Waals surface area contributed by atoms with Crippen molar-refractivity contribution in [1.82, 2.24) is 0 Å². The van der Waals surface area contributed by atoms with Crippen LogP contribution in [0.3, 0.4) is 0 Å². The van der Waals surface area contributed by atoms with Gasteiger partial charge in [-0.3, -0.25) is 0 Å². The molecule has 0 heterocycles. The Morgan fingerprint density at radius 2 is 1.60 bits per heavy atom. The third kappa shape index (κ3) is 3.40. The molecule has 0 amide bonds. The summed E-state index contributed by atoms with van der Waals surface area (Å²) >= 11 is 3.83. The Hall–Kier alpha value is -0.900. The Kier molecular flexibility index (Phi) is 5.58. The van der Waals surface area contributed by atoms with Crippen LogP contribution < -0.4 is 14.2 Å². The highest BCUT2D eigenvalue weighted by Gasteiger charge is 2.25. The maximum atomic E-state index is 5.53. The molecule has 1 aromatic carbocycles. The molecule has 1 saturated carbocycles. The summed E-state index contributed by atoms with van der Waals surface area (Å²) in [4.78, 5) is 0.251. The van der Waals surface area contributed by atoms with E-state index in [4.69, 9.17) is 14.2 Å². The number of methoxy groups -OCH3 is 3. The zero-order valence-electron chi connectivity index (χ0n) is 12.4. The summed E-state index contributed by atoms with van der Waals surface area (Å²) in [6, 6.07) is 3.83. The Bertz CT molecular complexity index is 416. The van der Waals surface area contributed by atoms with Crippen LogP contribution in [0, 0.1) is 5.92 Å². The second-order valence-electron chi connectivity index (χ2n) is 5.30. The summed E-state index contributed by atoms with van der Waals surface area (Å²) in [7, 11) is 5.03. The molecule has 2 rings (SSSR count). The lowest BCUT2D eigenvalue weighted by Gasteiger charge is -2.21. The average Bonchev–Trinajstić information content (AvgIpc) is 2.98. The van der Waals surface area contributed by atoms with Gasteiger partial charge in [-0.25, -0.2) is 0 Å². The van der Waals surface area contributed by atoms with Crippen molar-refractivity contribution in [3.05, 3.63) is 17.7 Å². The fourth-order valence-electron chi connectivity index (χ4n) is 3.00. The normalized spacial score (nSPS) is 17.0. The van der Waals surface area contributed by atoms with Gasteiger partial charge in [-0.05, 0) is 12.3 Å². The molecule has 0 radical (unpaired) electrons. The van der Waals surface area contributed by atoms with Gasteiger partial charge in [-0.2, -0.15) is 0 Å². The molecule has 1 atom stereocenters. The first-order valence-electron chi connectivity index (χ1n) is 7.13. The number of ether oxygens (including phenoxy) is 3. The predicted molar refractivity (Wildman–Crippen MR) is 84.3 cm³/mol. The third-order valence-corrected chi connectivity index (χ3v) is 4.91. The van der Waals surface area contributed by atoms with Gasteiger partial charge < -0.3 is 14.2 Å². The van der Waals surface area contributed by atoms with Crippen LogP contribution in [-0.2, 0) is 0 Å². The lowest BCUT2D eigenvalue weighted by molar-refractivity contribution is 0.365. The largest absolute Gasteiger partial charge is 0.496 e. The SMILES string of the molecule is COc1cc(OC)c(C(Br)CC2CCCC2)c(OC)c1. The minimum atomic E-state index is 0.251. The summed E-state index contributed by atoms with van der Waals surface area (Å²) in [5.41, 5.74) is 1.09. The van der Waals surface area contributed by atoms with E-state index in [0.717, 1.165) is 35.2 Å². The summed E-state index contributed by atoms with van der Waals surface area (Å²) in [6.07, 6.45) is 6.52. The molecule has 1 fully saturated rings. The van der Waals surface area contributed by atoms with Crippen LogP contribution in [0.2, 0.25) is 0 Å². The summed E-state index contributed by atoms with van der Waals surface area (Å²) in [5, 5.41) is 0. The van der Waals surface area contributed by atoms with Crippen LogP contribution in [0.4, 0.5) is 0 Å². The number of hydrogen-bond acceptors (Lipinski definition) is 3. The number of rotatable bonds is 6. The summed E-state index contributed by atoms with van der Waals surface area (Å²) < 4.78 is 16.3. The maximum absolute atomic E-state index is 5.53. The van der Waals surface area contributed by atoms with Gasteiger partial charge in [0, 0.05) is 17.0 Å². The number of benzene rings is 1. The van der Waals surface area contributed by atoms with Gasteiger partial charge in [-0.1, -0.05) is 41.6 Å². The van der Waals surface area contributed by atoms with Crippen molar-refractivity contribution >= 4 is 15.9 Å². The van der Waals surface area contributed by atoms with Crippen LogP contribution >= 0.6 is 15.9 Å². The van der Waals surface area contributed by atoms with Crippen molar-refractivity contribution in [2.75, 3.05) is 21.3 Å². The molecule has 20 heavy (non-hydrogen) atoms. The molecule has 0 aromatic heterocycles. The van der Waals surface area contributed by atoms with Crippen LogP contribution in [0.1, 0.15) is 42.5 Å². The second kappa shape index (κ2) is 7.21. The number of halogens is 1. The molecule has 0 bridgehead atoms. The third-order valence-electron chi connectivity index (χ3n) is 4.08. The van der Waals surface area contributed by atoms with E-state index in [2.05, 4.69) is 15.9 Å². The van der Waals surface area contributed by atoms with Crippen molar-refractivity contribution in [3.63, 3.8) is 0 Å². The van der Waals surface area contributed by atoms with Gasteiger partial charge in [0.15, 0.2) is 0 Å². The lowest BCUT2D eigenvalue weighted by atomic mass is 9.97. The Labute approximate surface area is 129 Å². The molecule has 1 unspecified atom stereocenters. The smallest absolute Gasteiger partial charge is 0.130 e. The Balaban J connectivity index is 2.27. The monoisotopic (exact) mass is 342 g/mol. The van der Waals surface area contributed by atoms with Crippen molar-refractivity contribution in [3.8, 4) is 17.2 Å². The van der Waals surface area contributed by atoms with Crippen molar-refractivity contribution in [1.29, 1.82) is 0 Å². The fourth-order valence-corrected chi connectivity index (χ4v) is 3.98. The lowest BCUT2D eigenvalue weighted by Crippen LogP contribution is -2.04. The van der Waals surface area contributed by atoms with E-state index in [1.807, 2.05) is 12.1 Å². The molecule has 1 aromatic rings. The van der Waals surface area contributed by atoms with E-state index in [0.29, 0.717) is 0 Å². The van der Waals surface area contributed by atoms with Gasteiger partial charge in [0.1, 0.15) is 17.2 Å². The zero-order valence-corrected chi connectivity index (χ0v) is 14.0. The van der Waals surface area contributed by atoms with Gasteiger partial charge >= 0.3 is 0 Å². The molecule has 0 N–H and O–H groups in total. The molecular formula is C16H23BrO3. The van der Waals surface area contributed by atoms with Crippen LogP contribution in [0.5, 0.6) is 17.2 Å². The highest BCUT2D eigenvalue weighted by molar-refractivity contribution is 9.09. The van der Waals surface area contributed by atoms with Crippen LogP contribution in [-0.4, -0.2) is 21.3 Å². The molecule has 112 valence electrons.